The van der Waals surface area contributed by atoms with Gasteiger partial charge in [-0.2, -0.15) is 0 Å². The Labute approximate surface area is 358 Å². The molecule has 0 aliphatic carbocycles. The Kier molecular flexibility index (Phi) is 39.4. The molecule has 12 heteroatoms. The van der Waals surface area contributed by atoms with Crippen LogP contribution in [0.25, 0.3) is 0 Å². The lowest BCUT2D eigenvalue weighted by atomic mass is 10.0. The monoisotopic (exact) mass is 855 g/mol. The minimum atomic E-state index is -4.64. The SMILES string of the molecule is CC[C@@H](O)/C=C/C=C\C/C=C\C/C=C\C/C=C\CCCC(=O)O[C@H](COC(=O)CCCCCCCCCCCCCCCCCC(C)C)COP(=O)(O)OC[C@@H](O)CO. The minimum Gasteiger partial charge on any atom is -0.462 e. The number of aliphatic hydroxyl groups excluding tert-OH is 3. The molecule has 59 heavy (non-hydrogen) atoms. The van der Waals surface area contributed by atoms with Gasteiger partial charge in [0.1, 0.15) is 12.7 Å². The van der Waals surface area contributed by atoms with E-state index in [4.69, 9.17) is 19.1 Å². The maximum absolute atomic E-state index is 12.6. The zero-order valence-corrected chi connectivity index (χ0v) is 37.9. The molecular formula is C47H83O11P. The summed E-state index contributed by atoms with van der Waals surface area (Å²) in [5.74, 6) is -0.187. The van der Waals surface area contributed by atoms with Crippen LogP contribution in [-0.2, 0) is 32.7 Å². The second-order valence-corrected chi connectivity index (χ2v) is 17.2. The maximum atomic E-state index is 12.6. The van der Waals surface area contributed by atoms with Gasteiger partial charge in [-0.25, -0.2) is 4.57 Å². The van der Waals surface area contributed by atoms with Crippen LogP contribution in [-0.4, -0.2) is 76.9 Å². The fourth-order valence-corrected chi connectivity index (χ4v) is 6.66. The first-order chi connectivity index (χ1) is 28.5. The van der Waals surface area contributed by atoms with E-state index in [2.05, 4.69) is 42.7 Å². The number of phosphoric ester groups is 1. The quantitative estimate of drug-likeness (QED) is 0.0152. The van der Waals surface area contributed by atoms with Crippen molar-refractivity contribution in [2.24, 2.45) is 5.92 Å². The van der Waals surface area contributed by atoms with E-state index >= 15 is 0 Å². The van der Waals surface area contributed by atoms with E-state index in [0.29, 0.717) is 25.7 Å². The maximum Gasteiger partial charge on any atom is 0.472 e. The van der Waals surface area contributed by atoms with E-state index < -0.39 is 57.9 Å². The fraction of sp³-hybridized carbons (Fsp3) is 0.745. The fourth-order valence-electron chi connectivity index (χ4n) is 5.87. The standard InChI is InChI=1S/C47H83O11P/c1-4-43(49)35-31-27-23-19-15-11-8-9-13-17-21-25-29-33-37-47(52)58-45(41-57-59(53,54)56-39-44(50)38-48)40-55-46(51)36-32-28-24-20-16-12-7-5-6-10-14-18-22-26-30-34-42(2)3/h9,11,13,15,21,23,25,27,31,35,42-45,48-50H,4-8,10,12,14,16-20,22,24,26,28-30,32-34,36-41H2,1-3H3,(H,53,54)/b13-9-,15-11-,25-21-,27-23-,35-31+/t43-,44+,45-/m1/s1. The van der Waals surface area contributed by atoms with E-state index in [0.717, 1.165) is 44.4 Å². The molecule has 0 rings (SSSR count). The van der Waals surface area contributed by atoms with Gasteiger partial charge in [0.25, 0.3) is 0 Å². The molecule has 0 amide bonds. The van der Waals surface area contributed by atoms with Crippen LogP contribution < -0.4 is 0 Å². The van der Waals surface area contributed by atoms with Gasteiger partial charge in [0.05, 0.1) is 25.9 Å². The number of carbonyl (C=O) groups is 2. The number of hydrogen-bond acceptors (Lipinski definition) is 10. The topological polar surface area (TPSA) is 169 Å². The van der Waals surface area contributed by atoms with Crippen molar-refractivity contribution in [3.8, 4) is 0 Å². The van der Waals surface area contributed by atoms with Gasteiger partial charge in [0.2, 0.25) is 0 Å². The molecule has 0 heterocycles. The predicted molar refractivity (Wildman–Crippen MR) is 239 cm³/mol. The van der Waals surface area contributed by atoms with Crippen molar-refractivity contribution in [1.29, 1.82) is 0 Å². The third-order valence-electron chi connectivity index (χ3n) is 9.52. The summed E-state index contributed by atoms with van der Waals surface area (Å²) in [6, 6.07) is 0. The van der Waals surface area contributed by atoms with Crippen LogP contribution in [0.2, 0.25) is 0 Å². The molecule has 342 valence electrons. The first-order valence-electron chi connectivity index (χ1n) is 22.7. The van der Waals surface area contributed by atoms with Crippen LogP contribution in [0.4, 0.5) is 0 Å². The smallest absolute Gasteiger partial charge is 0.462 e. The minimum absolute atomic E-state index is 0.0909. The number of rotatable bonds is 41. The van der Waals surface area contributed by atoms with Crippen molar-refractivity contribution in [3.05, 3.63) is 60.8 Å². The van der Waals surface area contributed by atoms with Gasteiger partial charge in [-0.15, -0.1) is 0 Å². The van der Waals surface area contributed by atoms with Crippen LogP contribution in [0.15, 0.2) is 60.8 Å². The van der Waals surface area contributed by atoms with Gasteiger partial charge in [-0.3, -0.25) is 18.6 Å². The number of unbranched alkanes of at least 4 members (excludes halogenated alkanes) is 15. The Morgan fingerprint density at radius 1 is 0.610 bits per heavy atom. The summed E-state index contributed by atoms with van der Waals surface area (Å²) in [5, 5.41) is 27.8. The number of phosphoric acid groups is 1. The number of carbonyl (C=O) groups excluding carboxylic acids is 2. The van der Waals surface area contributed by atoms with Gasteiger partial charge in [-0.1, -0.05) is 178 Å². The summed E-state index contributed by atoms with van der Waals surface area (Å²) in [5.41, 5.74) is 0. The van der Waals surface area contributed by atoms with E-state index in [1.807, 2.05) is 37.3 Å². The van der Waals surface area contributed by atoms with E-state index in [-0.39, 0.29) is 19.4 Å². The third kappa shape index (κ3) is 42.1. The van der Waals surface area contributed by atoms with E-state index in [1.54, 1.807) is 6.08 Å². The number of hydrogen-bond donors (Lipinski definition) is 4. The zero-order valence-electron chi connectivity index (χ0n) is 37.0. The molecule has 4 N–H and O–H groups in total. The second-order valence-electron chi connectivity index (χ2n) is 15.7. The molecule has 0 aromatic carbocycles. The molecule has 0 saturated carbocycles. The largest absolute Gasteiger partial charge is 0.472 e. The van der Waals surface area contributed by atoms with Crippen molar-refractivity contribution in [1.82, 2.24) is 0 Å². The Balaban J connectivity index is 4.36. The van der Waals surface area contributed by atoms with Gasteiger partial charge in [0.15, 0.2) is 6.10 Å². The second kappa shape index (κ2) is 41.0. The molecule has 0 saturated heterocycles. The third-order valence-corrected chi connectivity index (χ3v) is 10.5. The molecule has 0 radical (unpaired) electrons. The normalized spacial score (nSPS) is 15.0. The number of aliphatic hydroxyl groups is 3. The molecule has 1 unspecified atom stereocenters. The molecule has 0 aliphatic heterocycles. The molecule has 0 fully saturated rings. The summed E-state index contributed by atoms with van der Waals surface area (Å²) in [7, 11) is -4.64. The highest BCUT2D eigenvalue weighted by Crippen LogP contribution is 2.43. The van der Waals surface area contributed by atoms with Crippen LogP contribution in [0.1, 0.15) is 175 Å². The highest BCUT2D eigenvalue weighted by atomic mass is 31.2. The van der Waals surface area contributed by atoms with Crippen LogP contribution in [0.5, 0.6) is 0 Å². The summed E-state index contributed by atoms with van der Waals surface area (Å²) in [4.78, 5) is 35.0. The van der Waals surface area contributed by atoms with Crippen molar-refractivity contribution in [2.75, 3.05) is 26.4 Å². The first kappa shape index (κ1) is 56.6. The molecule has 11 nitrogen and oxygen atoms in total. The van der Waals surface area contributed by atoms with Crippen molar-refractivity contribution in [3.63, 3.8) is 0 Å². The zero-order chi connectivity index (χ0) is 43.7. The van der Waals surface area contributed by atoms with Gasteiger partial charge in [0, 0.05) is 12.8 Å². The number of ether oxygens (including phenoxy) is 2. The van der Waals surface area contributed by atoms with Crippen LogP contribution in [0.3, 0.4) is 0 Å². The summed E-state index contributed by atoms with van der Waals surface area (Å²) < 4.78 is 32.7. The first-order valence-corrected chi connectivity index (χ1v) is 24.2. The average molecular weight is 855 g/mol. The molecule has 0 aromatic heterocycles. The molecule has 0 aromatic rings. The van der Waals surface area contributed by atoms with Gasteiger partial charge in [-0.05, 0) is 50.9 Å². The molecule has 0 bridgehead atoms. The van der Waals surface area contributed by atoms with Crippen LogP contribution >= 0.6 is 7.82 Å². The van der Waals surface area contributed by atoms with Crippen molar-refractivity contribution >= 4 is 19.8 Å². The van der Waals surface area contributed by atoms with E-state index in [9.17, 15) is 29.3 Å². The lowest BCUT2D eigenvalue weighted by molar-refractivity contribution is -0.161. The summed E-state index contributed by atoms with van der Waals surface area (Å²) in [6.45, 7) is 4.32. The lowest BCUT2D eigenvalue weighted by Gasteiger charge is -2.20. The summed E-state index contributed by atoms with van der Waals surface area (Å²) in [6.07, 6.45) is 41.5. The Morgan fingerprint density at radius 3 is 1.64 bits per heavy atom. The Morgan fingerprint density at radius 2 is 1.10 bits per heavy atom. The van der Waals surface area contributed by atoms with Crippen molar-refractivity contribution < 1.29 is 52.9 Å². The number of esters is 2. The molecule has 4 atom stereocenters. The van der Waals surface area contributed by atoms with Crippen molar-refractivity contribution in [2.45, 2.75) is 193 Å². The lowest BCUT2D eigenvalue weighted by Crippen LogP contribution is -2.29. The van der Waals surface area contributed by atoms with Gasteiger partial charge >= 0.3 is 19.8 Å². The van der Waals surface area contributed by atoms with E-state index in [1.165, 1.54) is 77.0 Å². The highest BCUT2D eigenvalue weighted by Gasteiger charge is 2.27. The Hall–Kier alpha value is -2.37. The molecular weight excluding hydrogens is 771 g/mol. The Bertz CT molecular complexity index is 1200. The average Bonchev–Trinajstić information content (AvgIpc) is 3.21. The van der Waals surface area contributed by atoms with Crippen LogP contribution in [0, 0.1) is 5.92 Å². The number of allylic oxidation sites excluding steroid dienone is 9. The summed E-state index contributed by atoms with van der Waals surface area (Å²) >= 11 is 0. The van der Waals surface area contributed by atoms with Gasteiger partial charge < -0.3 is 29.7 Å². The molecule has 0 aliphatic rings. The highest BCUT2D eigenvalue weighted by molar-refractivity contribution is 7.47. The molecule has 0 spiro atoms. The predicted octanol–water partition coefficient (Wildman–Crippen LogP) is 11.1.